The van der Waals surface area contributed by atoms with Crippen molar-refractivity contribution in [3.8, 4) is 0 Å². The van der Waals surface area contributed by atoms with Crippen molar-refractivity contribution >= 4 is 12.4 Å². The number of likely N-dealkylation sites (tertiary alicyclic amines) is 1. The maximum Gasteiger partial charge on any atom is 0.0372 e. The molecule has 0 bridgehead atoms. The SMILES string of the molecule is CNC1CCCN(Cc2ccc(C)nc2)C1.Cl. The zero-order valence-electron chi connectivity index (χ0n) is 10.6. The number of pyridine rings is 1. The maximum atomic E-state index is 4.34. The smallest absolute Gasteiger partial charge is 0.0372 e. The van der Waals surface area contributed by atoms with Crippen LogP contribution in [-0.2, 0) is 6.54 Å². The van der Waals surface area contributed by atoms with Gasteiger partial charge in [-0.15, -0.1) is 12.4 Å². The fraction of sp³-hybridized carbons (Fsp3) is 0.615. The minimum Gasteiger partial charge on any atom is -0.316 e. The van der Waals surface area contributed by atoms with Gasteiger partial charge in [-0.1, -0.05) is 6.07 Å². The summed E-state index contributed by atoms with van der Waals surface area (Å²) in [6.07, 6.45) is 4.60. The van der Waals surface area contributed by atoms with Crippen LogP contribution in [0.3, 0.4) is 0 Å². The Hall–Kier alpha value is -0.640. The van der Waals surface area contributed by atoms with Gasteiger partial charge >= 0.3 is 0 Å². The molecule has 0 amide bonds. The van der Waals surface area contributed by atoms with Crippen molar-refractivity contribution in [2.75, 3.05) is 20.1 Å². The van der Waals surface area contributed by atoms with Gasteiger partial charge in [0.25, 0.3) is 0 Å². The molecule has 2 rings (SSSR count). The molecule has 1 aliphatic rings. The van der Waals surface area contributed by atoms with Gasteiger partial charge < -0.3 is 5.32 Å². The van der Waals surface area contributed by atoms with Gasteiger partial charge in [0.1, 0.15) is 0 Å². The number of rotatable bonds is 3. The number of aryl methyl sites for hydroxylation is 1. The molecule has 4 heteroatoms. The number of nitrogens with one attached hydrogen (secondary N) is 1. The van der Waals surface area contributed by atoms with Gasteiger partial charge in [-0.05, 0) is 45.0 Å². The van der Waals surface area contributed by atoms with Crippen molar-refractivity contribution in [1.29, 1.82) is 0 Å². The van der Waals surface area contributed by atoms with Crippen molar-refractivity contribution in [3.63, 3.8) is 0 Å². The number of piperidine rings is 1. The van der Waals surface area contributed by atoms with Crippen molar-refractivity contribution in [2.24, 2.45) is 0 Å². The van der Waals surface area contributed by atoms with E-state index in [0.717, 1.165) is 18.8 Å². The largest absolute Gasteiger partial charge is 0.316 e. The molecule has 0 saturated carbocycles. The average Bonchev–Trinajstić information content (AvgIpc) is 2.32. The Bertz CT molecular complexity index is 326. The fourth-order valence-corrected chi connectivity index (χ4v) is 2.28. The third-order valence-corrected chi connectivity index (χ3v) is 3.29. The van der Waals surface area contributed by atoms with Crippen LogP contribution in [0.4, 0.5) is 0 Å². The van der Waals surface area contributed by atoms with Crippen LogP contribution in [0.2, 0.25) is 0 Å². The summed E-state index contributed by atoms with van der Waals surface area (Å²) >= 11 is 0. The molecule has 2 heterocycles. The lowest BCUT2D eigenvalue weighted by molar-refractivity contribution is 0.188. The van der Waals surface area contributed by atoms with E-state index in [1.165, 1.54) is 24.9 Å². The molecular weight excluding hydrogens is 234 g/mol. The molecule has 17 heavy (non-hydrogen) atoms. The zero-order valence-corrected chi connectivity index (χ0v) is 11.5. The second-order valence-corrected chi connectivity index (χ2v) is 4.67. The molecule has 1 fully saturated rings. The number of likely N-dealkylation sites (N-methyl/N-ethyl adjacent to an activating group) is 1. The molecule has 1 saturated heterocycles. The van der Waals surface area contributed by atoms with E-state index in [0.29, 0.717) is 6.04 Å². The standard InChI is InChI=1S/C13H21N3.ClH/c1-11-5-6-12(8-15-11)9-16-7-3-4-13(10-16)14-2;/h5-6,8,13-14H,3-4,7,9-10H2,1-2H3;1H. The van der Waals surface area contributed by atoms with E-state index in [9.17, 15) is 0 Å². The summed E-state index contributed by atoms with van der Waals surface area (Å²) in [5, 5.41) is 3.37. The quantitative estimate of drug-likeness (QED) is 0.896. The first kappa shape index (κ1) is 14.4. The van der Waals surface area contributed by atoms with Gasteiger partial charge in [-0.2, -0.15) is 0 Å². The minimum atomic E-state index is 0. The summed E-state index contributed by atoms with van der Waals surface area (Å²) in [6.45, 7) is 5.43. The fourth-order valence-electron chi connectivity index (χ4n) is 2.28. The van der Waals surface area contributed by atoms with Crippen molar-refractivity contribution in [3.05, 3.63) is 29.6 Å². The van der Waals surface area contributed by atoms with Crippen LogP contribution in [0, 0.1) is 6.92 Å². The number of hydrogen-bond donors (Lipinski definition) is 1. The topological polar surface area (TPSA) is 28.2 Å². The molecule has 0 aromatic carbocycles. The van der Waals surface area contributed by atoms with Gasteiger partial charge in [0.15, 0.2) is 0 Å². The maximum absolute atomic E-state index is 4.34. The predicted molar refractivity (Wildman–Crippen MR) is 73.6 cm³/mol. The van der Waals surface area contributed by atoms with Crippen LogP contribution >= 0.6 is 12.4 Å². The Morgan fingerprint density at radius 1 is 1.47 bits per heavy atom. The average molecular weight is 256 g/mol. The van der Waals surface area contributed by atoms with Crippen LogP contribution in [0.5, 0.6) is 0 Å². The first-order chi connectivity index (χ1) is 7.78. The normalized spacial score (nSPS) is 20.9. The van der Waals surface area contributed by atoms with Gasteiger partial charge in [-0.25, -0.2) is 0 Å². The third-order valence-electron chi connectivity index (χ3n) is 3.29. The highest BCUT2D eigenvalue weighted by atomic mass is 35.5. The van der Waals surface area contributed by atoms with E-state index in [1.807, 2.05) is 13.1 Å². The second-order valence-electron chi connectivity index (χ2n) is 4.67. The predicted octanol–water partition coefficient (Wildman–Crippen LogP) is 2.00. The number of halogens is 1. The van der Waals surface area contributed by atoms with Crippen LogP contribution in [-0.4, -0.2) is 36.1 Å². The Morgan fingerprint density at radius 3 is 2.94 bits per heavy atom. The molecule has 1 aromatic rings. The second kappa shape index (κ2) is 6.94. The summed E-state index contributed by atoms with van der Waals surface area (Å²) in [5.74, 6) is 0. The van der Waals surface area contributed by atoms with Crippen molar-refractivity contribution in [2.45, 2.75) is 32.4 Å². The van der Waals surface area contributed by atoms with Crippen molar-refractivity contribution in [1.82, 2.24) is 15.2 Å². The number of nitrogens with zero attached hydrogens (tertiary/aromatic N) is 2. The van der Waals surface area contributed by atoms with E-state index < -0.39 is 0 Å². The van der Waals surface area contributed by atoms with E-state index in [-0.39, 0.29) is 12.4 Å². The van der Waals surface area contributed by atoms with Crippen molar-refractivity contribution < 1.29 is 0 Å². The summed E-state index contributed by atoms with van der Waals surface area (Å²) in [4.78, 5) is 6.85. The van der Waals surface area contributed by atoms with Crippen LogP contribution in [0.15, 0.2) is 18.3 Å². The van der Waals surface area contributed by atoms with Gasteiger partial charge in [0, 0.05) is 31.0 Å². The molecule has 0 radical (unpaired) electrons. The zero-order chi connectivity index (χ0) is 11.4. The summed E-state index contributed by atoms with van der Waals surface area (Å²) in [5.41, 5.74) is 2.41. The molecule has 3 nitrogen and oxygen atoms in total. The Balaban J connectivity index is 0.00000144. The molecular formula is C13H22ClN3. The van der Waals surface area contributed by atoms with Crippen LogP contribution < -0.4 is 5.32 Å². The number of hydrogen-bond acceptors (Lipinski definition) is 3. The third kappa shape index (κ3) is 4.26. The first-order valence-electron chi connectivity index (χ1n) is 6.09. The minimum absolute atomic E-state index is 0. The van der Waals surface area contributed by atoms with E-state index in [2.05, 4.69) is 34.4 Å². The van der Waals surface area contributed by atoms with E-state index in [1.54, 1.807) is 0 Å². The van der Waals surface area contributed by atoms with Crippen LogP contribution in [0.1, 0.15) is 24.1 Å². The Labute approximate surface area is 110 Å². The van der Waals surface area contributed by atoms with Gasteiger partial charge in [-0.3, -0.25) is 9.88 Å². The lowest BCUT2D eigenvalue weighted by Crippen LogP contribution is -2.43. The summed E-state index contributed by atoms with van der Waals surface area (Å²) in [7, 11) is 2.06. The highest BCUT2D eigenvalue weighted by Gasteiger charge is 2.18. The molecule has 1 unspecified atom stereocenters. The van der Waals surface area contributed by atoms with E-state index in [4.69, 9.17) is 0 Å². The Morgan fingerprint density at radius 2 is 2.29 bits per heavy atom. The first-order valence-corrected chi connectivity index (χ1v) is 6.09. The highest BCUT2D eigenvalue weighted by Crippen LogP contribution is 2.13. The summed E-state index contributed by atoms with van der Waals surface area (Å²) < 4.78 is 0. The van der Waals surface area contributed by atoms with E-state index >= 15 is 0 Å². The van der Waals surface area contributed by atoms with Crippen LogP contribution in [0.25, 0.3) is 0 Å². The summed E-state index contributed by atoms with van der Waals surface area (Å²) in [6, 6.07) is 4.94. The molecule has 1 aromatic heterocycles. The number of aromatic nitrogens is 1. The molecule has 0 spiro atoms. The monoisotopic (exact) mass is 255 g/mol. The lowest BCUT2D eigenvalue weighted by Gasteiger charge is -2.32. The van der Waals surface area contributed by atoms with Gasteiger partial charge in [0.05, 0.1) is 0 Å². The van der Waals surface area contributed by atoms with Gasteiger partial charge in [0.2, 0.25) is 0 Å². The molecule has 1 atom stereocenters. The highest BCUT2D eigenvalue weighted by molar-refractivity contribution is 5.85. The molecule has 96 valence electrons. The molecule has 1 N–H and O–H groups in total. The lowest BCUT2D eigenvalue weighted by atomic mass is 10.1. The Kier molecular flexibility index (Phi) is 5.89. The molecule has 0 aliphatic carbocycles. The molecule has 1 aliphatic heterocycles.